The summed E-state index contributed by atoms with van der Waals surface area (Å²) in [6, 6.07) is 0. The molecule has 0 heterocycles. The highest BCUT2D eigenvalue weighted by Crippen LogP contribution is 2.09. The van der Waals surface area contributed by atoms with Crippen molar-refractivity contribution in [3.05, 3.63) is 0 Å². The Morgan fingerprint density at radius 3 is 1.56 bits per heavy atom. The lowest BCUT2D eigenvalue weighted by atomic mass is 10.6. The van der Waals surface area contributed by atoms with Crippen molar-refractivity contribution >= 4 is 14.1 Å². The molecule has 0 rings (SSSR count). The smallest absolute Gasteiger partial charge is 0.0967 e. The Bertz CT molecular complexity index is 46.5. The normalized spacial score (nSPS) is 9.67. The summed E-state index contributed by atoms with van der Waals surface area (Å²) in [4.78, 5) is 0. The fraction of sp³-hybridized carbons (Fsp3) is 1.00. The molecule has 1 heteroatoms. The van der Waals surface area contributed by atoms with Crippen molar-refractivity contribution in [2.45, 2.75) is 49.5 Å². The largest absolute Gasteiger partial charge is 0.261 e. The van der Waals surface area contributed by atoms with Crippen molar-refractivity contribution in [1.82, 2.24) is 0 Å². The molecule has 0 aliphatic carbocycles. The van der Waals surface area contributed by atoms with E-state index in [-0.39, 0.29) is 14.1 Å². The van der Waals surface area contributed by atoms with Gasteiger partial charge in [0.05, 0.1) is 0 Å². The third-order valence-corrected chi connectivity index (χ3v) is 5.91. The Labute approximate surface area is 64.0 Å². The predicted octanol–water partition coefficient (Wildman–Crippen LogP) is 3.32. The number of hydrogen-bond acceptors (Lipinski definition) is 0. The van der Waals surface area contributed by atoms with Crippen LogP contribution in [0.5, 0.6) is 0 Å². The maximum Gasteiger partial charge on any atom is 0.261 e. The first-order valence-electron chi connectivity index (χ1n) is 4.35. The van der Waals surface area contributed by atoms with Gasteiger partial charge in [-0.2, -0.15) is 0 Å². The average Bonchev–Trinajstić information content (AvgIpc) is 1.88. The Kier molecular flexibility index (Phi) is 7.04. The zero-order valence-corrected chi connectivity index (χ0v) is 8.27. The lowest BCUT2D eigenvalue weighted by molar-refractivity contribution is 0.992. The molecule has 0 radical (unpaired) electrons. The predicted molar refractivity (Wildman–Crippen MR) is 46.4 cm³/mol. The Balaban J connectivity index is 3.18. The molecule has 0 spiro atoms. The third kappa shape index (κ3) is 5.00. The summed E-state index contributed by atoms with van der Waals surface area (Å²) in [6.07, 6.45) is 2.84. The van der Waals surface area contributed by atoms with Gasteiger partial charge < -0.3 is 0 Å². The Morgan fingerprint density at radius 2 is 1.33 bits per heavy atom. The van der Waals surface area contributed by atoms with E-state index in [1.807, 2.05) is 0 Å². The van der Waals surface area contributed by atoms with Gasteiger partial charge >= 0.3 is 0 Å². The van der Waals surface area contributed by atoms with E-state index in [0.29, 0.717) is 0 Å². The van der Waals surface area contributed by atoms with Crippen LogP contribution < -0.4 is 0 Å². The summed E-state index contributed by atoms with van der Waals surface area (Å²) in [5.74, 6) is 0. The van der Waals surface area contributed by atoms with E-state index in [9.17, 15) is 0 Å². The second kappa shape index (κ2) is 6.65. The van der Waals surface area contributed by atoms with Crippen LogP contribution in [0.25, 0.3) is 0 Å². The van der Waals surface area contributed by atoms with Crippen LogP contribution in [0, 0.1) is 0 Å². The molecular formula is C8H19Al. The molecule has 0 aromatic heterocycles. The Morgan fingerprint density at radius 1 is 0.889 bits per heavy atom. The van der Waals surface area contributed by atoms with Crippen molar-refractivity contribution in [3.63, 3.8) is 0 Å². The van der Waals surface area contributed by atoms with Crippen LogP contribution >= 0.6 is 0 Å². The van der Waals surface area contributed by atoms with Crippen molar-refractivity contribution in [2.24, 2.45) is 0 Å². The lowest BCUT2D eigenvalue weighted by Crippen LogP contribution is -2.08. The molecular weight excluding hydrogens is 123 g/mol. The average molecular weight is 142 g/mol. The first-order valence-corrected chi connectivity index (χ1v) is 6.80. The zero-order valence-electron chi connectivity index (χ0n) is 7.11. The molecule has 0 bridgehead atoms. The summed E-state index contributed by atoms with van der Waals surface area (Å²) in [5.41, 5.74) is 0. The van der Waals surface area contributed by atoms with Crippen molar-refractivity contribution in [3.8, 4) is 0 Å². The van der Waals surface area contributed by atoms with Crippen molar-refractivity contribution < 1.29 is 0 Å². The monoisotopic (exact) mass is 142 g/mol. The van der Waals surface area contributed by atoms with Gasteiger partial charge in [-0.3, -0.25) is 0 Å². The molecule has 0 saturated carbocycles. The van der Waals surface area contributed by atoms with E-state index < -0.39 is 0 Å². The highest BCUT2D eigenvalue weighted by atomic mass is 27.2. The van der Waals surface area contributed by atoms with Gasteiger partial charge in [-0.05, 0) is 0 Å². The van der Waals surface area contributed by atoms with E-state index in [0.717, 1.165) is 0 Å². The van der Waals surface area contributed by atoms with Crippen LogP contribution in [0.1, 0.15) is 33.6 Å². The van der Waals surface area contributed by atoms with E-state index in [1.165, 1.54) is 18.1 Å². The van der Waals surface area contributed by atoms with Gasteiger partial charge in [-0.15, -0.1) is 0 Å². The van der Waals surface area contributed by atoms with Crippen LogP contribution in [0.3, 0.4) is 0 Å². The zero-order chi connectivity index (χ0) is 7.11. The van der Waals surface area contributed by atoms with Gasteiger partial charge in [0, 0.05) is 0 Å². The highest BCUT2D eigenvalue weighted by molar-refractivity contribution is 6.58. The molecule has 0 fully saturated rings. The van der Waals surface area contributed by atoms with Crippen LogP contribution in [-0.2, 0) is 0 Å². The van der Waals surface area contributed by atoms with E-state index in [4.69, 9.17) is 0 Å². The fourth-order valence-electron chi connectivity index (χ4n) is 1.37. The van der Waals surface area contributed by atoms with Gasteiger partial charge in [0.1, 0.15) is 0 Å². The SMILES string of the molecule is CC[CH2][Al]([CH2]C)[CH2]CC. The molecule has 0 atom stereocenters. The maximum absolute atomic E-state index is 2.36. The van der Waals surface area contributed by atoms with Gasteiger partial charge in [0.2, 0.25) is 0 Å². The topological polar surface area (TPSA) is 0 Å². The second-order valence-corrected chi connectivity index (χ2v) is 6.55. The van der Waals surface area contributed by atoms with Crippen LogP contribution in [-0.4, -0.2) is 14.1 Å². The summed E-state index contributed by atoms with van der Waals surface area (Å²) < 4.78 is 0. The molecule has 0 nitrogen and oxygen atoms in total. The van der Waals surface area contributed by atoms with Crippen LogP contribution in [0.4, 0.5) is 0 Å². The van der Waals surface area contributed by atoms with E-state index >= 15 is 0 Å². The highest BCUT2D eigenvalue weighted by Gasteiger charge is 2.10. The van der Waals surface area contributed by atoms with Gasteiger partial charge in [-0.1, -0.05) is 49.5 Å². The van der Waals surface area contributed by atoms with Crippen molar-refractivity contribution in [1.29, 1.82) is 0 Å². The summed E-state index contributed by atoms with van der Waals surface area (Å²) in [5, 5.41) is 4.66. The van der Waals surface area contributed by atoms with Crippen LogP contribution in [0.2, 0.25) is 15.8 Å². The number of hydrogen-bond donors (Lipinski definition) is 0. The molecule has 0 saturated heterocycles. The molecule has 0 aliphatic heterocycles. The summed E-state index contributed by atoms with van der Waals surface area (Å²) >= 11 is -0.213. The first-order chi connectivity index (χ1) is 4.35. The van der Waals surface area contributed by atoms with E-state index in [2.05, 4.69) is 20.8 Å². The molecule has 0 N–H and O–H groups in total. The number of rotatable bonds is 5. The molecule has 0 aliphatic rings. The minimum Gasteiger partial charge on any atom is -0.0967 e. The summed E-state index contributed by atoms with van der Waals surface area (Å²) in [6.45, 7) is 6.98. The second-order valence-electron chi connectivity index (χ2n) is 2.85. The summed E-state index contributed by atoms with van der Waals surface area (Å²) in [7, 11) is 0. The molecule has 0 amide bonds. The van der Waals surface area contributed by atoms with Crippen molar-refractivity contribution in [2.75, 3.05) is 0 Å². The quantitative estimate of drug-likeness (QED) is 0.516. The standard InChI is InChI=1S/2C3H7.C2H5.Al/c2*1-3-2;1-2;/h2*1,3H2,2H3;1H2,2H3;. The minimum absolute atomic E-state index is 0.213. The van der Waals surface area contributed by atoms with Gasteiger partial charge in [-0.25, -0.2) is 0 Å². The van der Waals surface area contributed by atoms with Gasteiger partial charge in [0.25, 0.3) is 14.1 Å². The molecule has 54 valence electrons. The lowest BCUT2D eigenvalue weighted by Gasteiger charge is -2.03. The van der Waals surface area contributed by atoms with Crippen LogP contribution in [0.15, 0.2) is 0 Å². The maximum atomic E-state index is 2.36. The molecule has 9 heavy (non-hydrogen) atoms. The minimum atomic E-state index is -0.213. The van der Waals surface area contributed by atoms with Gasteiger partial charge in [0.15, 0.2) is 0 Å². The molecule has 0 aromatic rings. The molecule has 0 unspecified atom stereocenters. The fourth-order valence-corrected chi connectivity index (χ4v) is 4.11. The van der Waals surface area contributed by atoms with E-state index in [1.54, 1.807) is 10.6 Å². The first kappa shape index (κ1) is 9.53. The third-order valence-electron chi connectivity index (χ3n) is 1.97. The Hall–Kier alpha value is 0.532. The molecule has 0 aromatic carbocycles.